The number of hydrogen-bond donors (Lipinski definition) is 1. The van der Waals surface area contributed by atoms with E-state index in [1.807, 2.05) is 96.4 Å². The van der Waals surface area contributed by atoms with E-state index in [1.165, 1.54) is 17.3 Å². The van der Waals surface area contributed by atoms with Crippen LogP contribution in [0.15, 0.2) is 95.2 Å². The Hall–Kier alpha value is -3.71. The highest BCUT2D eigenvalue weighted by atomic mass is 32.2. The minimum atomic E-state index is -0.211. The van der Waals surface area contributed by atoms with Gasteiger partial charge in [-0.2, -0.15) is 5.10 Å². The summed E-state index contributed by atoms with van der Waals surface area (Å²) in [4.78, 5) is 12.3. The summed E-state index contributed by atoms with van der Waals surface area (Å²) in [6, 6.07) is 27.6. The van der Waals surface area contributed by atoms with Crippen molar-refractivity contribution in [2.75, 3.05) is 5.75 Å². The van der Waals surface area contributed by atoms with Gasteiger partial charge < -0.3 is 0 Å². The van der Waals surface area contributed by atoms with Crippen LogP contribution in [-0.4, -0.2) is 32.6 Å². The number of rotatable bonds is 7. The zero-order chi connectivity index (χ0) is 21.5. The van der Waals surface area contributed by atoms with E-state index in [2.05, 4.69) is 20.7 Å². The molecule has 0 spiro atoms. The first-order valence-corrected chi connectivity index (χ1v) is 10.8. The molecule has 4 aromatic rings. The maximum Gasteiger partial charge on any atom is 0.250 e. The summed E-state index contributed by atoms with van der Waals surface area (Å²) in [6.07, 6.45) is 1.62. The molecule has 0 fully saturated rings. The molecule has 1 aromatic heterocycles. The summed E-state index contributed by atoms with van der Waals surface area (Å²) < 4.78 is 1.97. The fraction of sp³-hybridized carbons (Fsp3) is 0.0833. The fourth-order valence-corrected chi connectivity index (χ4v) is 3.69. The molecule has 0 aliphatic carbocycles. The van der Waals surface area contributed by atoms with Crippen LogP contribution in [0, 0.1) is 6.92 Å². The molecular weight excluding hydrogens is 406 g/mol. The van der Waals surface area contributed by atoms with Gasteiger partial charge in [-0.05, 0) is 24.6 Å². The van der Waals surface area contributed by atoms with Crippen LogP contribution in [0.4, 0.5) is 0 Å². The highest BCUT2D eigenvalue weighted by molar-refractivity contribution is 7.99. The molecule has 0 radical (unpaired) electrons. The van der Waals surface area contributed by atoms with Crippen LogP contribution in [0.2, 0.25) is 0 Å². The average molecular weight is 428 g/mol. The van der Waals surface area contributed by atoms with Crippen LogP contribution in [-0.2, 0) is 4.79 Å². The summed E-state index contributed by atoms with van der Waals surface area (Å²) in [5.41, 5.74) is 6.55. The number of aryl methyl sites for hydroxylation is 1. The van der Waals surface area contributed by atoms with E-state index in [0.717, 1.165) is 22.6 Å². The molecule has 4 rings (SSSR count). The Morgan fingerprint density at radius 1 is 0.968 bits per heavy atom. The van der Waals surface area contributed by atoms with Gasteiger partial charge in [0.2, 0.25) is 0 Å². The summed E-state index contributed by atoms with van der Waals surface area (Å²) in [5, 5.41) is 13.4. The standard InChI is InChI=1S/C24H21N5OS/c1-18-12-14-21(15-13-18)29-23(20-10-6-3-7-11-20)27-28-24(29)31-17-22(30)26-25-16-19-8-4-2-5-9-19/h2-16H,17H2,1H3,(H,26,30)/b25-16-. The number of carbonyl (C=O) groups excluding carboxylic acids is 1. The van der Waals surface area contributed by atoms with E-state index in [1.54, 1.807) is 6.21 Å². The Kier molecular flexibility index (Phi) is 6.54. The number of thioether (sulfide) groups is 1. The van der Waals surface area contributed by atoms with Crippen molar-refractivity contribution in [1.82, 2.24) is 20.2 Å². The first kappa shape index (κ1) is 20.6. The van der Waals surface area contributed by atoms with Crippen molar-refractivity contribution in [1.29, 1.82) is 0 Å². The number of hydrazone groups is 1. The lowest BCUT2D eigenvalue weighted by molar-refractivity contribution is -0.118. The van der Waals surface area contributed by atoms with E-state index in [-0.39, 0.29) is 11.7 Å². The van der Waals surface area contributed by atoms with Crippen LogP contribution in [0.1, 0.15) is 11.1 Å². The summed E-state index contributed by atoms with van der Waals surface area (Å²) in [7, 11) is 0. The highest BCUT2D eigenvalue weighted by Gasteiger charge is 2.17. The van der Waals surface area contributed by atoms with Gasteiger partial charge in [-0.15, -0.1) is 10.2 Å². The summed E-state index contributed by atoms with van der Waals surface area (Å²) in [5.74, 6) is 0.691. The third-order valence-electron chi connectivity index (χ3n) is 4.49. The smallest absolute Gasteiger partial charge is 0.250 e. The quantitative estimate of drug-likeness (QED) is 0.268. The van der Waals surface area contributed by atoms with Gasteiger partial charge in [0, 0.05) is 11.3 Å². The molecule has 1 amide bonds. The van der Waals surface area contributed by atoms with Crippen molar-refractivity contribution in [2.24, 2.45) is 5.10 Å². The van der Waals surface area contributed by atoms with Crippen LogP contribution in [0.25, 0.3) is 17.1 Å². The van der Waals surface area contributed by atoms with E-state index < -0.39 is 0 Å². The normalized spacial score (nSPS) is 11.0. The van der Waals surface area contributed by atoms with Gasteiger partial charge in [0.1, 0.15) is 0 Å². The highest BCUT2D eigenvalue weighted by Crippen LogP contribution is 2.28. The zero-order valence-corrected chi connectivity index (χ0v) is 17.8. The van der Waals surface area contributed by atoms with Gasteiger partial charge in [0.15, 0.2) is 11.0 Å². The topological polar surface area (TPSA) is 72.2 Å². The van der Waals surface area contributed by atoms with Gasteiger partial charge in [0.25, 0.3) is 5.91 Å². The van der Waals surface area contributed by atoms with Gasteiger partial charge >= 0.3 is 0 Å². The lowest BCUT2D eigenvalue weighted by atomic mass is 10.2. The molecule has 6 nitrogen and oxygen atoms in total. The molecular formula is C24H21N5OS. The fourth-order valence-electron chi connectivity index (χ4n) is 2.94. The van der Waals surface area contributed by atoms with Crippen LogP contribution < -0.4 is 5.43 Å². The van der Waals surface area contributed by atoms with Crippen molar-refractivity contribution in [3.8, 4) is 17.1 Å². The molecule has 0 aliphatic rings. The second-order valence-electron chi connectivity index (χ2n) is 6.84. The molecule has 31 heavy (non-hydrogen) atoms. The van der Waals surface area contributed by atoms with Crippen LogP contribution in [0.3, 0.4) is 0 Å². The SMILES string of the molecule is Cc1ccc(-n2c(SCC(=O)N/N=C\c3ccccc3)nnc2-c2ccccc2)cc1. The van der Waals surface area contributed by atoms with Crippen LogP contribution in [0.5, 0.6) is 0 Å². The Labute approximate surface area is 185 Å². The van der Waals surface area contributed by atoms with E-state index in [4.69, 9.17) is 0 Å². The summed E-state index contributed by atoms with van der Waals surface area (Å²) in [6.45, 7) is 2.05. The number of nitrogens with zero attached hydrogens (tertiary/aromatic N) is 4. The number of amides is 1. The van der Waals surface area contributed by atoms with Gasteiger partial charge in [-0.25, -0.2) is 5.43 Å². The average Bonchev–Trinajstić information content (AvgIpc) is 3.23. The Morgan fingerprint density at radius 3 is 2.35 bits per heavy atom. The Balaban J connectivity index is 1.51. The second-order valence-corrected chi connectivity index (χ2v) is 7.78. The third-order valence-corrected chi connectivity index (χ3v) is 5.42. The zero-order valence-electron chi connectivity index (χ0n) is 17.0. The molecule has 7 heteroatoms. The van der Waals surface area contributed by atoms with Crippen molar-refractivity contribution >= 4 is 23.9 Å². The molecule has 0 saturated carbocycles. The number of aromatic nitrogens is 3. The predicted octanol–water partition coefficient (Wildman–Crippen LogP) is 4.49. The molecule has 3 aromatic carbocycles. The first-order valence-electron chi connectivity index (χ1n) is 9.78. The maximum atomic E-state index is 12.3. The predicted molar refractivity (Wildman–Crippen MR) is 124 cm³/mol. The van der Waals surface area contributed by atoms with Crippen molar-refractivity contribution in [3.63, 3.8) is 0 Å². The van der Waals surface area contributed by atoms with E-state index in [9.17, 15) is 4.79 Å². The maximum absolute atomic E-state index is 12.3. The largest absolute Gasteiger partial charge is 0.272 e. The van der Waals surface area contributed by atoms with Crippen molar-refractivity contribution in [3.05, 3.63) is 96.1 Å². The number of nitrogens with one attached hydrogen (secondary N) is 1. The molecule has 0 saturated heterocycles. The lowest BCUT2D eigenvalue weighted by Crippen LogP contribution is -2.20. The Bertz CT molecular complexity index is 1170. The molecule has 1 N–H and O–H groups in total. The van der Waals surface area contributed by atoms with Gasteiger partial charge in [-0.1, -0.05) is 90.1 Å². The second kappa shape index (κ2) is 9.86. The first-order chi connectivity index (χ1) is 15.2. The minimum absolute atomic E-state index is 0.172. The Morgan fingerprint density at radius 2 is 1.65 bits per heavy atom. The number of hydrogen-bond acceptors (Lipinski definition) is 5. The van der Waals surface area contributed by atoms with E-state index in [0.29, 0.717) is 5.16 Å². The molecule has 1 heterocycles. The number of carbonyl (C=O) groups is 1. The minimum Gasteiger partial charge on any atom is -0.272 e. The number of benzene rings is 3. The molecule has 0 atom stereocenters. The lowest BCUT2D eigenvalue weighted by Gasteiger charge is -2.10. The summed E-state index contributed by atoms with van der Waals surface area (Å²) >= 11 is 1.32. The van der Waals surface area contributed by atoms with Crippen LogP contribution >= 0.6 is 11.8 Å². The van der Waals surface area contributed by atoms with Gasteiger partial charge in [0.05, 0.1) is 12.0 Å². The van der Waals surface area contributed by atoms with Crippen molar-refractivity contribution < 1.29 is 4.79 Å². The van der Waals surface area contributed by atoms with E-state index >= 15 is 0 Å². The van der Waals surface area contributed by atoms with Gasteiger partial charge in [-0.3, -0.25) is 9.36 Å². The molecule has 154 valence electrons. The molecule has 0 bridgehead atoms. The molecule has 0 unspecified atom stereocenters. The third kappa shape index (κ3) is 5.26. The molecule has 0 aliphatic heterocycles. The van der Waals surface area contributed by atoms with Crippen molar-refractivity contribution in [2.45, 2.75) is 12.1 Å². The monoisotopic (exact) mass is 427 g/mol.